The molecule has 0 aromatic heterocycles. The molecule has 1 N–H and O–H groups in total. The zero-order valence-corrected chi connectivity index (χ0v) is 7.25. The van der Waals surface area contributed by atoms with E-state index in [9.17, 15) is 4.79 Å². The molecule has 1 aliphatic carbocycles. The van der Waals surface area contributed by atoms with Crippen molar-refractivity contribution >= 4 is 5.91 Å². The summed E-state index contributed by atoms with van der Waals surface area (Å²) in [5.41, 5.74) is -0.361. The highest BCUT2D eigenvalue weighted by Gasteiger charge is 2.46. The summed E-state index contributed by atoms with van der Waals surface area (Å²) >= 11 is 0. The summed E-state index contributed by atoms with van der Waals surface area (Å²) < 4.78 is 0. The Balaban J connectivity index is 2.00. The second-order valence-corrected chi connectivity index (χ2v) is 3.94. The van der Waals surface area contributed by atoms with Gasteiger partial charge in [0.15, 0.2) is 0 Å². The molecule has 1 saturated carbocycles. The molecule has 0 bridgehead atoms. The van der Waals surface area contributed by atoms with Crippen LogP contribution in [0.15, 0.2) is 0 Å². The molecule has 2 rings (SSSR count). The first-order chi connectivity index (χ1) is 5.78. The van der Waals surface area contributed by atoms with E-state index in [1.54, 1.807) is 0 Å². The first kappa shape index (κ1) is 8.05. The van der Waals surface area contributed by atoms with E-state index in [1.165, 1.54) is 0 Å². The molecule has 68 valence electrons. The summed E-state index contributed by atoms with van der Waals surface area (Å²) in [6.45, 7) is 1.85. The van der Waals surface area contributed by atoms with E-state index in [0.717, 1.165) is 38.8 Å². The third-order valence-electron chi connectivity index (χ3n) is 3.21. The van der Waals surface area contributed by atoms with E-state index < -0.39 is 0 Å². The quantitative estimate of drug-likeness (QED) is 0.649. The zero-order valence-electron chi connectivity index (χ0n) is 7.25. The van der Waals surface area contributed by atoms with Crippen LogP contribution in [0.5, 0.6) is 0 Å². The van der Waals surface area contributed by atoms with Gasteiger partial charge in [-0.05, 0) is 19.3 Å². The number of hydrogen-bond acceptors (Lipinski definition) is 2. The van der Waals surface area contributed by atoms with Crippen LogP contribution < -0.4 is 0 Å². The molecule has 2 fully saturated rings. The van der Waals surface area contributed by atoms with Gasteiger partial charge in [0.1, 0.15) is 0 Å². The molecule has 0 radical (unpaired) electrons. The highest BCUT2D eigenvalue weighted by Crippen LogP contribution is 2.42. The first-order valence-electron chi connectivity index (χ1n) is 4.69. The second kappa shape index (κ2) is 2.73. The average molecular weight is 169 g/mol. The van der Waals surface area contributed by atoms with Crippen molar-refractivity contribution in [1.82, 2.24) is 4.90 Å². The second-order valence-electron chi connectivity index (χ2n) is 3.94. The number of carbonyl (C=O) groups excluding carboxylic acids is 1. The van der Waals surface area contributed by atoms with E-state index in [4.69, 9.17) is 5.11 Å². The van der Waals surface area contributed by atoms with Gasteiger partial charge in [-0.2, -0.15) is 0 Å². The lowest BCUT2D eigenvalue weighted by molar-refractivity contribution is -0.154. The van der Waals surface area contributed by atoms with Crippen molar-refractivity contribution in [3.63, 3.8) is 0 Å². The van der Waals surface area contributed by atoms with Crippen molar-refractivity contribution in [1.29, 1.82) is 0 Å². The number of carbonyl (C=O) groups is 1. The van der Waals surface area contributed by atoms with Crippen LogP contribution in [-0.2, 0) is 4.79 Å². The van der Waals surface area contributed by atoms with Gasteiger partial charge in [-0.3, -0.25) is 4.79 Å². The van der Waals surface area contributed by atoms with Gasteiger partial charge in [-0.25, -0.2) is 0 Å². The van der Waals surface area contributed by atoms with Crippen molar-refractivity contribution in [2.24, 2.45) is 5.41 Å². The molecule has 0 unspecified atom stereocenters. The molecule has 1 saturated heterocycles. The minimum atomic E-state index is -0.361. The maximum Gasteiger partial charge on any atom is 0.231 e. The van der Waals surface area contributed by atoms with Gasteiger partial charge < -0.3 is 10.0 Å². The van der Waals surface area contributed by atoms with Gasteiger partial charge in [0.2, 0.25) is 5.91 Å². The molecule has 1 aliphatic heterocycles. The number of aliphatic hydroxyl groups excluding tert-OH is 1. The summed E-state index contributed by atoms with van der Waals surface area (Å²) in [4.78, 5) is 13.6. The smallest absolute Gasteiger partial charge is 0.231 e. The number of likely N-dealkylation sites (tertiary alicyclic amines) is 1. The van der Waals surface area contributed by atoms with Crippen LogP contribution in [0.1, 0.15) is 25.7 Å². The molecular weight excluding hydrogens is 154 g/mol. The summed E-state index contributed by atoms with van der Waals surface area (Å²) in [7, 11) is 0. The normalized spacial score (nSPS) is 25.9. The van der Waals surface area contributed by atoms with E-state index >= 15 is 0 Å². The van der Waals surface area contributed by atoms with E-state index in [0.29, 0.717) is 0 Å². The Morgan fingerprint density at radius 2 is 2.00 bits per heavy atom. The van der Waals surface area contributed by atoms with Crippen LogP contribution in [0.2, 0.25) is 0 Å². The fourth-order valence-corrected chi connectivity index (χ4v) is 1.90. The molecule has 0 atom stereocenters. The standard InChI is InChI=1S/C9H15NO2/c11-7-9(3-1-4-9)8(12)10-5-2-6-10/h11H,1-7H2. The van der Waals surface area contributed by atoms with Crippen molar-refractivity contribution < 1.29 is 9.90 Å². The monoisotopic (exact) mass is 169 g/mol. The molecule has 2 aliphatic rings. The zero-order chi connectivity index (χ0) is 8.60. The molecule has 1 heterocycles. The van der Waals surface area contributed by atoms with Crippen molar-refractivity contribution in [3.8, 4) is 0 Å². The Morgan fingerprint density at radius 1 is 1.33 bits per heavy atom. The predicted molar refractivity (Wildman–Crippen MR) is 44.6 cm³/mol. The van der Waals surface area contributed by atoms with Crippen molar-refractivity contribution in [3.05, 3.63) is 0 Å². The lowest BCUT2D eigenvalue weighted by Gasteiger charge is -2.45. The highest BCUT2D eigenvalue weighted by molar-refractivity contribution is 5.84. The Hall–Kier alpha value is -0.570. The fraction of sp³-hybridized carbons (Fsp3) is 0.889. The number of nitrogens with zero attached hydrogens (tertiary/aromatic N) is 1. The summed E-state index contributed by atoms with van der Waals surface area (Å²) in [5, 5.41) is 9.13. The predicted octanol–water partition coefficient (Wildman–Crippen LogP) is 0.381. The summed E-state index contributed by atoms with van der Waals surface area (Å²) in [5.74, 6) is 0.197. The van der Waals surface area contributed by atoms with Gasteiger partial charge >= 0.3 is 0 Å². The van der Waals surface area contributed by atoms with Crippen LogP contribution in [0.3, 0.4) is 0 Å². The van der Waals surface area contributed by atoms with Crippen molar-refractivity contribution in [2.45, 2.75) is 25.7 Å². The SMILES string of the molecule is O=C(N1CCC1)C1(CO)CCC1. The third kappa shape index (κ3) is 0.959. The largest absolute Gasteiger partial charge is 0.395 e. The van der Waals surface area contributed by atoms with Gasteiger partial charge in [-0.15, -0.1) is 0 Å². The first-order valence-corrected chi connectivity index (χ1v) is 4.69. The topological polar surface area (TPSA) is 40.5 Å². The Labute approximate surface area is 72.4 Å². The van der Waals surface area contributed by atoms with Gasteiger partial charge in [0.25, 0.3) is 0 Å². The summed E-state index contributed by atoms with van der Waals surface area (Å²) in [6.07, 6.45) is 4.01. The maximum absolute atomic E-state index is 11.7. The van der Waals surface area contributed by atoms with E-state index in [-0.39, 0.29) is 17.9 Å². The lowest BCUT2D eigenvalue weighted by atomic mass is 9.68. The number of hydrogen-bond donors (Lipinski definition) is 1. The van der Waals surface area contributed by atoms with E-state index in [2.05, 4.69) is 0 Å². The fourth-order valence-electron chi connectivity index (χ4n) is 1.90. The van der Waals surface area contributed by atoms with Crippen LogP contribution >= 0.6 is 0 Å². The van der Waals surface area contributed by atoms with Crippen LogP contribution in [0, 0.1) is 5.41 Å². The van der Waals surface area contributed by atoms with Gasteiger partial charge in [-0.1, -0.05) is 6.42 Å². The third-order valence-corrected chi connectivity index (χ3v) is 3.21. The molecular formula is C9H15NO2. The van der Waals surface area contributed by atoms with Crippen molar-refractivity contribution in [2.75, 3.05) is 19.7 Å². The van der Waals surface area contributed by atoms with Crippen LogP contribution in [0.25, 0.3) is 0 Å². The molecule has 3 nitrogen and oxygen atoms in total. The molecule has 0 aromatic carbocycles. The van der Waals surface area contributed by atoms with E-state index in [1.807, 2.05) is 4.90 Å². The molecule has 1 amide bonds. The Morgan fingerprint density at radius 3 is 2.25 bits per heavy atom. The Kier molecular flexibility index (Phi) is 1.83. The lowest BCUT2D eigenvalue weighted by Crippen LogP contribution is -2.54. The Bertz CT molecular complexity index is 189. The average Bonchev–Trinajstić information content (AvgIpc) is 1.81. The van der Waals surface area contributed by atoms with Crippen LogP contribution in [0.4, 0.5) is 0 Å². The number of amides is 1. The molecule has 3 heteroatoms. The summed E-state index contributed by atoms with van der Waals surface area (Å²) in [6, 6.07) is 0. The minimum Gasteiger partial charge on any atom is -0.395 e. The van der Waals surface area contributed by atoms with Gasteiger partial charge in [0, 0.05) is 13.1 Å². The number of aliphatic hydroxyl groups is 1. The van der Waals surface area contributed by atoms with Gasteiger partial charge in [0.05, 0.1) is 12.0 Å². The molecule has 0 spiro atoms. The minimum absolute atomic E-state index is 0.0440. The molecule has 0 aromatic rings. The highest BCUT2D eigenvalue weighted by atomic mass is 16.3. The number of rotatable bonds is 2. The maximum atomic E-state index is 11.7. The molecule has 12 heavy (non-hydrogen) atoms. The van der Waals surface area contributed by atoms with Crippen LogP contribution in [-0.4, -0.2) is 35.6 Å².